The van der Waals surface area contributed by atoms with E-state index in [1.165, 1.54) is 25.3 Å². The summed E-state index contributed by atoms with van der Waals surface area (Å²) in [6.45, 7) is 4.73. The van der Waals surface area contributed by atoms with E-state index in [0.29, 0.717) is 30.3 Å². The number of nitrogens with zero attached hydrogens (tertiary/aromatic N) is 2. The molecule has 9 heteroatoms. The number of nitro groups is 1. The SMILES string of the molecule is CCOc1ccc(CN(C)[C@@H](C)C(=O)Nc2ccc([N+](=O)[O-])cc2OC)cc1OC. The fraction of sp³-hybridized carbons (Fsp3) is 0.381. The van der Waals surface area contributed by atoms with Crippen molar-refractivity contribution >= 4 is 17.3 Å². The summed E-state index contributed by atoms with van der Waals surface area (Å²) in [5.74, 6) is 1.27. The minimum Gasteiger partial charge on any atom is -0.494 e. The van der Waals surface area contributed by atoms with Crippen molar-refractivity contribution in [1.29, 1.82) is 0 Å². The Labute approximate surface area is 175 Å². The summed E-state index contributed by atoms with van der Waals surface area (Å²) in [4.78, 5) is 25.0. The van der Waals surface area contributed by atoms with Crippen LogP contribution in [0.4, 0.5) is 11.4 Å². The van der Waals surface area contributed by atoms with Crippen molar-refractivity contribution in [2.75, 3.05) is 33.2 Å². The van der Waals surface area contributed by atoms with Gasteiger partial charge in [0.25, 0.3) is 5.69 Å². The Balaban J connectivity index is 2.08. The third-order valence-electron chi connectivity index (χ3n) is 4.65. The van der Waals surface area contributed by atoms with Gasteiger partial charge in [-0.1, -0.05) is 6.07 Å². The van der Waals surface area contributed by atoms with Crippen LogP contribution in [0.3, 0.4) is 0 Å². The lowest BCUT2D eigenvalue weighted by Crippen LogP contribution is -2.39. The van der Waals surface area contributed by atoms with E-state index in [0.717, 1.165) is 5.56 Å². The normalized spacial score (nSPS) is 11.7. The number of anilines is 1. The summed E-state index contributed by atoms with van der Waals surface area (Å²) in [6.07, 6.45) is 0. The smallest absolute Gasteiger partial charge is 0.273 e. The molecule has 0 aliphatic carbocycles. The number of nitro benzene ring substituents is 1. The van der Waals surface area contributed by atoms with E-state index >= 15 is 0 Å². The summed E-state index contributed by atoms with van der Waals surface area (Å²) in [6, 6.07) is 9.23. The Kier molecular flexibility index (Phi) is 7.99. The largest absolute Gasteiger partial charge is 0.494 e. The summed E-state index contributed by atoms with van der Waals surface area (Å²) in [5.41, 5.74) is 1.22. The average molecular weight is 417 g/mol. The van der Waals surface area contributed by atoms with Gasteiger partial charge in [0.15, 0.2) is 11.5 Å². The van der Waals surface area contributed by atoms with Crippen molar-refractivity contribution in [3.63, 3.8) is 0 Å². The molecule has 1 atom stereocenters. The van der Waals surface area contributed by atoms with Crippen molar-refractivity contribution in [1.82, 2.24) is 4.90 Å². The van der Waals surface area contributed by atoms with Crippen LogP contribution in [0.25, 0.3) is 0 Å². The number of likely N-dealkylation sites (N-methyl/N-ethyl adjacent to an activating group) is 1. The van der Waals surface area contributed by atoms with E-state index in [4.69, 9.17) is 14.2 Å². The van der Waals surface area contributed by atoms with Crippen molar-refractivity contribution in [3.05, 3.63) is 52.1 Å². The van der Waals surface area contributed by atoms with Gasteiger partial charge in [0.2, 0.25) is 5.91 Å². The summed E-state index contributed by atoms with van der Waals surface area (Å²) >= 11 is 0. The number of methoxy groups -OCH3 is 2. The van der Waals surface area contributed by atoms with Crippen LogP contribution in [0, 0.1) is 10.1 Å². The number of benzene rings is 2. The van der Waals surface area contributed by atoms with E-state index in [2.05, 4.69) is 5.32 Å². The molecule has 0 spiro atoms. The van der Waals surface area contributed by atoms with Gasteiger partial charge >= 0.3 is 0 Å². The molecule has 9 nitrogen and oxygen atoms in total. The molecule has 30 heavy (non-hydrogen) atoms. The summed E-state index contributed by atoms with van der Waals surface area (Å²) in [7, 11) is 4.81. The topological polar surface area (TPSA) is 103 Å². The molecule has 0 bridgehead atoms. The molecule has 1 amide bonds. The minimum absolute atomic E-state index is 0.112. The zero-order chi connectivity index (χ0) is 22.3. The van der Waals surface area contributed by atoms with Crippen molar-refractivity contribution in [2.24, 2.45) is 0 Å². The van der Waals surface area contributed by atoms with E-state index in [1.807, 2.05) is 37.1 Å². The van der Waals surface area contributed by atoms with Gasteiger partial charge in [0.05, 0.1) is 43.5 Å². The summed E-state index contributed by atoms with van der Waals surface area (Å²) in [5, 5.41) is 13.7. The second-order valence-corrected chi connectivity index (χ2v) is 6.64. The van der Waals surface area contributed by atoms with Gasteiger partial charge in [-0.3, -0.25) is 19.8 Å². The molecule has 2 aromatic carbocycles. The molecule has 0 aromatic heterocycles. The predicted molar refractivity (Wildman–Crippen MR) is 113 cm³/mol. The minimum atomic E-state index is -0.518. The molecule has 162 valence electrons. The first-order valence-corrected chi connectivity index (χ1v) is 9.43. The van der Waals surface area contributed by atoms with Gasteiger partial charge in [-0.05, 0) is 44.7 Å². The van der Waals surface area contributed by atoms with Gasteiger partial charge in [-0.25, -0.2) is 0 Å². The van der Waals surface area contributed by atoms with Gasteiger partial charge in [-0.15, -0.1) is 0 Å². The van der Waals surface area contributed by atoms with E-state index < -0.39 is 11.0 Å². The highest BCUT2D eigenvalue weighted by Gasteiger charge is 2.21. The van der Waals surface area contributed by atoms with Crippen molar-refractivity contribution in [2.45, 2.75) is 26.4 Å². The second-order valence-electron chi connectivity index (χ2n) is 6.64. The van der Waals surface area contributed by atoms with Crippen molar-refractivity contribution < 1.29 is 23.9 Å². The lowest BCUT2D eigenvalue weighted by molar-refractivity contribution is -0.384. The molecule has 0 saturated carbocycles. The molecule has 0 aliphatic heterocycles. The van der Waals surface area contributed by atoms with Gasteiger partial charge in [-0.2, -0.15) is 0 Å². The molecule has 0 unspecified atom stereocenters. The Morgan fingerprint density at radius 1 is 1.13 bits per heavy atom. The number of amides is 1. The number of hydrogen-bond acceptors (Lipinski definition) is 7. The highest BCUT2D eigenvalue weighted by atomic mass is 16.6. The number of nitrogens with one attached hydrogen (secondary N) is 1. The first-order chi connectivity index (χ1) is 14.3. The number of ether oxygens (including phenoxy) is 3. The standard InChI is InChI=1S/C21H27N3O6/c1-6-30-18-10-7-15(11-20(18)29-5)13-23(3)14(2)21(25)22-17-9-8-16(24(26)27)12-19(17)28-4/h7-12,14H,6,13H2,1-5H3,(H,22,25)/t14-/m0/s1. The fourth-order valence-electron chi connectivity index (χ4n) is 2.84. The molecule has 0 heterocycles. The zero-order valence-corrected chi connectivity index (χ0v) is 17.8. The van der Waals surface area contributed by atoms with Gasteiger partial charge in [0, 0.05) is 12.6 Å². The average Bonchev–Trinajstić information content (AvgIpc) is 2.74. The molecule has 1 N–H and O–H groups in total. The van der Waals surface area contributed by atoms with Crippen molar-refractivity contribution in [3.8, 4) is 17.2 Å². The molecule has 2 aromatic rings. The molecule has 0 aliphatic rings. The van der Waals surface area contributed by atoms with E-state index in [9.17, 15) is 14.9 Å². The lowest BCUT2D eigenvalue weighted by Gasteiger charge is -2.24. The third-order valence-corrected chi connectivity index (χ3v) is 4.65. The lowest BCUT2D eigenvalue weighted by atomic mass is 10.1. The Hall–Kier alpha value is -3.33. The van der Waals surface area contributed by atoms with Crippen LogP contribution in [0.1, 0.15) is 19.4 Å². The maximum Gasteiger partial charge on any atom is 0.273 e. The van der Waals surface area contributed by atoms with Crippen LogP contribution < -0.4 is 19.5 Å². The zero-order valence-electron chi connectivity index (χ0n) is 17.8. The van der Waals surface area contributed by atoms with Crippen LogP contribution >= 0.6 is 0 Å². The van der Waals surface area contributed by atoms with Gasteiger partial charge < -0.3 is 19.5 Å². The molecule has 2 rings (SSSR count). The number of carbonyl (C=O) groups excluding carboxylic acids is 1. The fourth-order valence-corrected chi connectivity index (χ4v) is 2.84. The van der Waals surface area contributed by atoms with Gasteiger partial charge in [0.1, 0.15) is 5.75 Å². The van der Waals surface area contributed by atoms with Crippen LogP contribution in [0.2, 0.25) is 0 Å². The van der Waals surface area contributed by atoms with Crippen LogP contribution in [0.15, 0.2) is 36.4 Å². The first-order valence-electron chi connectivity index (χ1n) is 9.43. The highest BCUT2D eigenvalue weighted by Crippen LogP contribution is 2.30. The first kappa shape index (κ1) is 23.0. The Morgan fingerprint density at radius 2 is 1.83 bits per heavy atom. The molecule has 0 saturated heterocycles. The van der Waals surface area contributed by atoms with E-state index in [-0.39, 0.29) is 17.3 Å². The summed E-state index contributed by atoms with van der Waals surface area (Å²) < 4.78 is 16.1. The monoisotopic (exact) mass is 417 g/mol. The third kappa shape index (κ3) is 5.60. The number of rotatable bonds is 10. The van der Waals surface area contributed by atoms with Crippen LogP contribution in [-0.4, -0.2) is 49.6 Å². The highest BCUT2D eigenvalue weighted by molar-refractivity contribution is 5.96. The van der Waals surface area contributed by atoms with E-state index in [1.54, 1.807) is 14.0 Å². The Bertz CT molecular complexity index is 902. The molecule has 0 fully saturated rings. The number of hydrogen-bond donors (Lipinski definition) is 1. The maximum atomic E-state index is 12.7. The maximum absolute atomic E-state index is 12.7. The molecular weight excluding hydrogens is 390 g/mol. The van der Waals surface area contributed by atoms with Crippen LogP contribution in [-0.2, 0) is 11.3 Å². The second kappa shape index (κ2) is 10.4. The predicted octanol–water partition coefficient (Wildman–Crippen LogP) is 3.47. The molecular formula is C21H27N3O6. The Morgan fingerprint density at radius 3 is 2.43 bits per heavy atom. The molecule has 0 radical (unpaired) electrons. The number of non-ortho nitro benzene ring substituents is 1. The number of carbonyl (C=O) groups is 1. The quantitative estimate of drug-likeness (QED) is 0.466. The van der Waals surface area contributed by atoms with Crippen LogP contribution in [0.5, 0.6) is 17.2 Å².